The Morgan fingerprint density at radius 2 is 2.24 bits per heavy atom. The number of amides is 1. The lowest BCUT2D eigenvalue weighted by Gasteiger charge is -2.43. The first kappa shape index (κ1) is 16.7. The van der Waals surface area contributed by atoms with Crippen LogP contribution in [0.15, 0.2) is 29.8 Å². The Morgan fingerprint density at radius 3 is 3.12 bits per heavy atom. The molecule has 1 saturated heterocycles. The second-order valence-corrected chi connectivity index (χ2v) is 7.57. The number of morpholine rings is 1. The van der Waals surface area contributed by atoms with Crippen LogP contribution in [0.5, 0.6) is 0 Å². The van der Waals surface area contributed by atoms with Gasteiger partial charge in [-0.05, 0) is 31.4 Å². The second-order valence-electron chi connectivity index (χ2n) is 6.71. The Bertz CT molecular complexity index is 716. The Kier molecular flexibility index (Phi) is 5.08. The number of nitrogens with zero attached hydrogens (tertiary/aromatic N) is 3. The van der Waals surface area contributed by atoms with Gasteiger partial charge in [0.15, 0.2) is 0 Å². The summed E-state index contributed by atoms with van der Waals surface area (Å²) in [6, 6.07) is 6.11. The molecule has 1 aliphatic carbocycles. The van der Waals surface area contributed by atoms with E-state index in [0.29, 0.717) is 19.4 Å². The number of fused-ring (bicyclic) bond motifs is 1. The molecule has 0 spiro atoms. The lowest BCUT2D eigenvalue weighted by atomic mass is 9.90. The van der Waals surface area contributed by atoms with Gasteiger partial charge in [0.25, 0.3) is 0 Å². The summed E-state index contributed by atoms with van der Waals surface area (Å²) >= 11 is 1.59. The highest BCUT2D eigenvalue weighted by molar-refractivity contribution is 7.13. The van der Waals surface area contributed by atoms with Crippen LogP contribution in [0, 0.1) is 0 Å². The molecule has 2 unspecified atom stereocenters. The smallest absolute Gasteiger partial charge is 0.223 e. The number of rotatable bonds is 4. The molecule has 2 aromatic rings. The number of hydrogen-bond donors (Lipinski definition) is 0. The Hall–Kier alpha value is -1.79. The van der Waals surface area contributed by atoms with E-state index in [1.807, 2.05) is 23.6 Å². The van der Waals surface area contributed by atoms with Crippen LogP contribution in [0.4, 0.5) is 0 Å². The van der Waals surface area contributed by atoms with Crippen LogP contribution < -0.4 is 0 Å². The zero-order valence-electron chi connectivity index (χ0n) is 14.3. The van der Waals surface area contributed by atoms with Crippen molar-refractivity contribution in [3.8, 4) is 10.7 Å². The van der Waals surface area contributed by atoms with E-state index in [4.69, 9.17) is 4.74 Å². The molecule has 0 aromatic carbocycles. The molecule has 4 rings (SSSR count). The molecule has 1 amide bonds. The standard InChI is InChI=1S/C19H23N3O2S/c23-18(22-11-12-24-17-7-2-1-6-16(17)22)9-8-14-13-25-19(21-14)15-5-3-4-10-20-15/h3-5,10,13,16-17H,1-2,6-9,11-12H2. The van der Waals surface area contributed by atoms with Gasteiger partial charge in [-0.3, -0.25) is 9.78 Å². The van der Waals surface area contributed by atoms with Crippen molar-refractivity contribution in [2.45, 2.75) is 50.7 Å². The van der Waals surface area contributed by atoms with E-state index >= 15 is 0 Å². The van der Waals surface area contributed by atoms with Crippen molar-refractivity contribution in [1.82, 2.24) is 14.9 Å². The number of aryl methyl sites for hydroxylation is 1. The normalized spacial score (nSPS) is 23.3. The van der Waals surface area contributed by atoms with Gasteiger partial charge in [0.1, 0.15) is 5.01 Å². The van der Waals surface area contributed by atoms with Crippen molar-refractivity contribution in [3.63, 3.8) is 0 Å². The van der Waals surface area contributed by atoms with E-state index in [-0.39, 0.29) is 18.1 Å². The van der Waals surface area contributed by atoms with Crippen LogP contribution >= 0.6 is 11.3 Å². The summed E-state index contributed by atoms with van der Waals surface area (Å²) in [5, 5.41) is 2.96. The fourth-order valence-electron chi connectivity index (χ4n) is 3.81. The monoisotopic (exact) mass is 357 g/mol. The molecule has 0 bridgehead atoms. The maximum atomic E-state index is 12.7. The van der Waals surface area contributed by atoms with Crippen molar-refractivity contribution < 1.29 is 9.53 Å². The molecule has 25 heavy (non-hydrogen) atoms. The van der Waals surface area contributed by atoms with E-state index in [9.17, 15) is 4.79 Å². The molecule has 2 fully saturated rings. The van der Waals surface area contributed by atoms with Gasteiger partial charge < -0.3 is 9.64 Å². The summed E-state index contributed by atoms with van der Waals surface area (Å²) in [5.41, 5.74) is 1.87. The summed E-state index contributed by atoms with van der Waals surface area (Å²) in [6.45, 7) is 1.41. The first-order valence-electron chi connectivity index (χ1n) is 9.08. The molecule has 5 nitrogen and oxygen atoms in total. The van der Waals surface area contributed by atoms with Crippen LogP contribution in [0.2, 0.25) is 0 Å². The Morgan fingerprint density at radius 1 is 1.32 bits per heavy atom. The molecule has 2 aromatic heterocycles. The molecule has 132 valence electrons. The van der Waals surface area contributed by atoms with E-state index in [1.165, 1.54) is 12.8 Å². The topological polar surface area (TPSA) is 55.3 Å². The molecule has 2 aliphatic rings. The molecule has 1 saturated carbocycles. The third kappa shape index (κ3) is 3.75. The van der Waals surface area contributed by atoms with Gasteiger partial charge in [0, 0.05) is 24.5 Å². The van der Waals surface area contributed by atoms with E-state index < -0.39 is 0 Å². The highest BCUT2D eigenvalue weighted by atomic mass is 32.1. The first-order chi connectivity index (χ1) is 12.3. The molecule has 6 heteroatoms. The lowest BCUT2D eigenvalue weighted by molar-refractivity contribution is -0.149. The zero-order chi connectivity index (χ0) is 17.1. The molecule has 2 atom stereocenters. The van der Waals surface area contributed by atoms with Crippen molar-refractivity contribution in [3.05, 3.63) is 35.5 Å². The SMILES string of the molecule is O=C(CCc1csc(-c2ccccn2)n1)N1CCOC2CCCCC21. The van der Waals surface area contributed by atoms with Gasteiger partial charge in [-0.25, -0.2) is 4.98 Å². The number of aromatic nitrogens is 2. The van der Waals surface area contributed by atoms with Crippen molar-refractivity contribution in [2.24, 2.45) is 0 Å². The summed E-state index contributed by atoms with van der Waals surface area (Å²) < 4.78 is 5.87. The predicted octanol–water partition coefficient (Wildman–Crippen LogP) is 3.31. The van der Waals surface area contributed by atoms with Crippen LogP contribution in [-0.2, 0) is 16.0 Å². The summed E-state index contributed by atoms with van der Waals surface area (Å²) in [7, 11) is 0. The van der Waals surface area contributed by atoms with Gasteiger partial charge in [-0.15, -0.1) is 11.3 Å². The van der Waals surface area contributed by atoms with E-state index in [1.54, 1.807) is 17.5 Å². The number of pyridine rings is 1. The minimum absolute atomic E-state index is 0.243. The van der Waals surface area contributed by atoms with Crippen molar-refractivity contribution in [2.75, 3.05) is 13.2 Å². The Balaban J connectivity index is 1.36. The number of carbonyl (C=O) groups excluding carboxylic acids is 1. The van der Waals surface area contributed by atoms with Crippen molar-refractivity contribution in [1.29, 1.82) is 0 Å². The molecule has 3 heterocycles. The second kappa shape index (κ2) is 7.62. The van der Waals surface area contributed by atoms with Gasteiger partial charge in [0.2, 0.25) is 5.91 Å². The number of ether oxygens (including phenoxy) is 1. The van der Waals surface area contributed by atoms with Gasteiger partial charge in [-0.1, -0.05) is 18.9 Å². The maximum Gasteiger partial charge on any atom is 0.223 e. The van der Waals surface area contributed by atoms with Crippen LogP contribution in [0.25, 0.3) is 10.7 Å². The van der Waals surface area contributed by atoms with Crippen LogP contribution in [-0.4, -0.2) is 46.1 Å². The fraction of sp³-hybridized carbons (Fsp3) is 0.526. The van der Waals surface area contributed by atoms with Crippen LogP contribution in [0.3, 0.4) is 0 Å². The largest absolute Gasteiger partial charge is 0.374 e. The molecule has 0 radical (unpaired) electrons. The van der Waals surface area contributed by atoms with Gasteiger partial charge >= 0.3 is 0 Å². The maximum absolute atomic E-state index is 12.7. The molecular weight excluding hydrogens is 334 g/mol. The average molecular weight is 357 g/mol. The molecule has 1 aliphatic heterocycles. The summed E-state index contributed by atoms with van der Waals surface area (Å²) in [4.78, 5) is 23.8. The third-order valence-electron chi connectivity index (χ3n) is 5.08. The van der Waals surface area contributed by atoms with Gasteiger partial charge in [-0.2, -0.15) is 0 Å². The number of carbonyl (C=O) groups is 1. The van der Waals surface area contributed by atoms with Gasteiger partial charge in [0.05, 0.1) is 30.1 Å². The number of hydrogen-bond acceptors (Lipinski definition) is 5. The van der Waals surface area contributed by atoms with Crippen molar-refractivity contribution >= 4 is 17.2 Å². The van der Waals surface area contributed by atoms with E-state index in [2.05, 4.69) is 14.9 Å². The van der Waals surface area contributed by atoms with E-state index in [0.717, 1.165) is 35.8 Å². The van der Waals surface area contributed by atoms with Crippen LogP contribution in [0.1, 0.15) is 37.8 Å². The summed E-state index contributed by atoms with van der Waals surface area (Å²) in [5.74, 6) is 0.243. The summed E-state index contributed by atoms with van der Waals surface area (Å²) in [6.07, 6.45) is 7.84. The fourth-order valence-corrected chi connectivity index (χ4v) is 4.64. The Labute approximate surface area is 152 Å². The molecular formula is C19H23N3O2S. The quantitative estimate of drug-likeness (QED) is 0.842. The predicted molar refractivity (Wildman–Crippen MR) is 97.4 cm³/mol. The first-order valence-corrected chi connectivity index (χ1v) is 9.96. The highest BCUT2D eigenvalue weighted by Crippen LogP contribution is 2.29. The minimum Gasteiger partial charge on any atom is -0.374 e. The third-order valence-corrected chi connectivity index (χ3v) is 6.00. The lowest BCUT2D eigenvalue weighted by Crippen LogP contribution is -2.54. The minimum atomic E-state index is 0.243. The number of thiazole rings is 1. The highest BCUT2D eigenvalue weighted by Gasteiger charge is 2.36. The average Bonchev–Trinajstić information content (AvgIpc) is 3.15. The molecule has 0 N–H and O–H groups in total. The zero-order valence-corrected chi connectivity index (χ0v) is 15.1.